The van der Waals surface area contributed by atoms with E-state index in [1.807, 2.05) is 13.8 Å². The van der Waals surface area contributed by atoms with Crippen LogP contribution in [0.4, 0.5) is 5.82 Å². The molecule has 0 bridgehead atoms. The summed E-state index contributed by atoms with van der Waals surface area (Å²) in [6, 6.07) is 7.43. The van der Waals surface area contributed by atoms with Gasteiger partial charge in [0, 0.05) is 17.6 Å². The molecule has 7 nitrogen and oxygen atoms in total. The fraction of sp³-hybridized carbons (Fsp3) is 0.412. The van der Waals surface area contributed by atoms with Crippen molar-refractivity contribution in [3.8, 4) is 0 Å². The molecule has 1 N–H and O–H groups in total. The third-order valence-electron chi connectivity index (χ3n) is 3.62. The third-order valence-corrected chi connectivity index (χ3v) is 5.73. The van der Waals surface area contributed by atoms with Crippen LogP contribution in [0.3, 0.4) is 0 Å². The number of hydrogen-bond acceptors (Lipinski definition) is 5. The van der Waals surface area contributed by atoms with Crippen molar-refractivity contribution in [3.05, 3.63) is 41.1 Å². The molecule has 0 spiro atoms. The van der Waals surface area contributed by atoms with Crippen LogP contribution in [-0.4, -0.2) is 36.9 Å². The molecule has 0 fully saturated rings. The second-order valence-corrected chi connectivity index (χ2v) is 8.72. The van der Waals surface area contributed by atoms with E-state index in [1.54, 1.807) is 13.0 Å². The zero-order valence-corrected chi connectivity index (χ0v) is 16.5. The number of benzene rings is 1. The average Bonchev–Trinajstić information content (AvgIpc) is 2.96. The van der Waals surface area contributed by atoms with Crippen molar-refractivity contribution in [2.45, 2.75) is 32.1 Å². The molecule has 0 aliphatic rings. The molecule has 2 aromatic rings. The van der Waals surface area contributed by atoms with E-state index < -0.39 is 15.9 Å². The quantitative estimate of drug-likeness (QED) is 0.735. The number of halogens is 1. The molecule has 142 valence electrons. The van der Waals surface area contributed by atoms with E-state index in [4.69, 9.17) is 16.1 Å². The number of hydrogen-bond donors (Lipinski definition) is 1. The lowest BCUT2D eigenvalue weighted by molar-refractivity contribution is -0.116. The molecule has 1 heterocycles. The number of carbonyl (C=O) groups is 1. The Morgan fingerprint density at radius 2 is 1.96 bits per heavy atom. The van der Waals surface area contributed by atoms with Gasteiger partial charge in [-0.2, -0.15) is 4.31 Å². The smallest absolute Gasteiger partial charge is 0.243 e. The number of amides is 1. The molecule has 1 amide bonds. The summed E-state index contributed by atoms with van der Waals surface area (Å²) >= 11 is 5.83. The molecule has 2 rings (SSSR count). The Hall–Kier alpha value is -1.90. The van der Waals surface area contributed by atoms with E-state index in [0.29, 0.717) is 23.1 Å². The summed E-state index contributed by atoms with van der Waals surface area (Å²) < 4.78 is 31.9. The van der Waals surface area contributed by atoms with E-state index in [1.165, 1.54) is 28.6 Å². The Kier molecular flexibility index (Phi) is 6.80. The molecular formula is C17H22ClN3O4S. The highest BCUT2D eigenvalue weighted by Gasteiger charge is 2.27. The number of aromatic nitrogens is 1. The van der Waals surface area contributed by atoms with Crippen LogP contribution >= 0.6 is 11.6 Å². The zero-order valence-electron chi connectivity index (χ0n) is 14.9. The van der Waals surface area contributed by atoms with Crippen LogP contribution < -0.4 is 5.32 Å². The monoisotopic (exact) mass is 399 g/mol. The summed E-state index contributed by atoms with van der Waals surface area (Å²) in [4.78, 5) is 12.4. The predicted octanol–water partition coefficient (Wildman–Crippen LogP) is 3.31. The Balaban J connectivity index is 2.18. The van der Waals surface area contributed by atoms with Gasteiger partial charge in [-0.15, -0.1) is 0 Å². The molecule has 0 saturated carbocycles. The molecule has 1 aromatic carbocycles. The van der Waals surface area contributed by atoms with Crippen LogP contribution in [-0.2, 0) is 14.8 Å². The fourth-order valence-corrected chi connectivity index (χ4v) is 3.75. The van der Waals surface area contributed by atoms with Crippen molar-refractivity contribution in [3.63, 3.8) is 0 Å². The highest BCUT2D eigenvalue weighted by molar-refractivity contribution is 7.89. The van der Waals surface area contributed by atoms with Gasteiger partial charge in [0.2, 0.25) is 15.9 Å². The van der Waals surface area contributed by atoms with Gasteiger partial charge in [0.05, 0.1) is 11.4 Å². The van der Waals surface area contributed by atoms with Crippen LogP contribution in [0, 0.1) is 12.8 Å². The number of nitrogens with one attached hydrogen (secondary N) is 1. The number of anilines is 1. The molecule has 0 saturated heterocycles. The number of nitrogens with zero attached hydrogens (tertiary/aromatic N) is 2. The topological polar surface area (TPSA) is 92.5 Å². The van der Waals surface area contributed by atoms with E-state index >= 15 is 0 Å². The van der Waals surface area contributed by atoms with Gasteiger partial charge in [0.25, 0.3) is 0 Å². The van der Waals surface area contributed by atoms with Gasteiger partial charge < -0.3 is 9.84 Å². The summed E-state index contributed by atoms with van der Waals surface area (Å²) in [6.07, 6.45) is 0.628. The summed E-state index contributed by atoms with van der Waals surface area (Å²) in [6.45, 7) is 5.59. The van der Waals surface area contributed by atoms with Crippen molar-refractivity contribution in [2.24, 2.45) is 5.92 Å². The Bertz CT molecular complexity index is 847. The minimum absolute atomic E-state index is 0.0933. The van der Waals surface area contributed by atoms with Crippen molar-refractivity contribution in [2.75, 3.05) is 18.4 Å². The Morgan fingerprint density at radius 1 is 1.31 bits per heavy atom. The van der Waals surface area contributed by atoms with Gasteiger partial charge in [0.15, 0.2) is 5.82 Å². The lowest BCUT2D eigenvalue weighted by Crippen LogP contribution is -2.39. The number of aryl methyl sites for hydroxylation is 1. The second-order valence-electron chi connectivity index (χ2n) is 6.35. The third kappa shape index (κ3) is 5.55. The SMILES string of the molecule is Cc1cc(NC(=O)CN(CCC(C)C)S(=O)(=O)c2ccc(Cl)cc2)no1. The van der Waals surface area contributed by atoms with Gasteiger partial charge in [-0.05, 0) is 43.5 Å². The molecular weight excluding hydrogens is 378 g/mol. The van der Waals surface area contributed by atoms with Gasteiger partial charge >= 0.3 is 0 Å². The highest BCUT2D eigenvalue weighted by atomic mass is 35.5. The summed E-state index contributed by atoms with van der Waals surface area (Å²) in [5.41, 5.74) is 0. The van der Waals surface area contributed by atoms with Gasteiger partial charge in [-0.3, -0.25) is 4.79 Å². The van der Waals surface area contributed by atoms with Crippen molar-refractivity contribution < 1.29 is 17.7 Å². The zero-order chi connectivity index (χ0) is 19.3. The molecule has 1 aromatic heterocycles. The van der Waals surface area contributed by atoms with E-state index in [0.717, 1.165) is 0 Å². The predicted molar refractivity (Wildman–Crippen MR) is 99.5 cm³/mol. The van der Waals surface area contributed by atoms with Crippen LogP contribution in [0.5, 0.6) is 0 Å². The maximum Gasteiger partial charge on any atom is 0.243 e. The van der Waals surface area contributed by atoms with E-state index in [-0.39, 0.29) is 23.8 Å². The number of sulfonamides is 1. The first-order valence-corrected chi connectivity index (χ1v) is 9.99. The summed E-state index contributed by atoms with van der Waals surface area (Å²) in [5.74, 6) is 0.602. The van der Waals surface area contributed by atoms with E-state index in [9.17, 15) is 13.2 Å². The molecule has 26 heavy (non-hydrogen) atoms. The standard InChI is InChI=1S/C17H22ClN3O4S/c1-12(2)8-9-21(11-17(22)19-16-10-13(3)25-20-16)26(23,24)15-6-4-14(18)5-7-15/h4-7,10,12H,8-9,11H2,1-3H3,(H,19,20,22). The van der Waals surface area contributed by atoms with Crippen LogP contribution in [0.25, 0.3) is 0 Å². The largest absolute Gasteiger partial charge is 0.360 e. The molecule has 0 aliphatic carbocycles. The van der Waals surface area contributed by atoms with Crippen LogP contribution in [0.2, 0.25) is 5.02 Å². The fourth-order valence-electron chi connectivity index (χ4n) is 2.21. The maximum atomic E-state index is 12.9. The van der Waals surface area contributed by atoms with Crippen molar-refractivity contribution in [1.29, 1.82) is 0 Å². The normalized spacial score (nSPS) is 11.9. The average molecular weight is 400 g/mol. The van der Waals surface area contributed by atoms with E-state index in [2.05, 4.69) is 10.5 Å². The summed E-state index contributed by atoms with van der Waals surface area (Å²) in [5, 5.41) is 6.66. The molecule has 0 aliphatic heterocycles. The van der Waals surface area contributed by atoms with Crippen LogP contribution in [0.15, 0.2) is 39.8 Å². The lowest BCUT2D eigenvalue weighted by Gasteiger charge is -2.22. The molecule has 0 radical (unpaired) electrons. The first kappa shape index (κ1) is 20.4. The molecule has 0 unspecified atom stereocenters. The maximum absolute atomic E-state index is 12.9. The number of carbonyl (C=O) groups excluding carboxylic acids is 1. The first-order chi connectivity index (χ1) is 12.2. The van der Waals surface area contributed by atoms with Crippen molar-refractivity contribution in [1.82, 2.24) is 9.46 Å². The van der Waals surface area contributed by atoms with Crippen LogP contribution in [0.1, 0.15) is 26.0 Å². The minimum atomic E-state index is -3.83. The number of rotatable bonds is 8. The minimum Gasteiger partial charge on any atom is -0.360 e. The van der Waals surface area contributed by atoms with Crippen molar-refractivity contribution >= 4 is 33.3 Å². The first-order valence-electron chi connectivity index (χ1n) is 8.17. The Labute approximate surface area is 158 Å². The molecule has 9 heteroatoms. The summed E-state index contributed by atoms with van der Waals surface area (Å²) in [7, 11) is -3.83. The second kappa shape index (κ2) is 8.66. The lowest BCUT2D eigenvalue weighted by atomic mass is 10.1. The van der Waals surface area contributed by atoms with Gasteiger partial charge in [-0.25, -0.2) is 8.42 Å². The van der Waals surface area contributed by atoms with Gasteiger partial charge in [0.1, 0.15) is 5.76 Å². The highest BCUT2D eigenvalue weighted by Crippen LogP contribution is 2.20. The Morgan fingerprint density at radius 3 is 2.50 bits per heavy atom. The molecule has 0 atom stereocenters. The van der Waals surface area contributed by atoms with Gasteiger partial charge in [-0.1, -0.05) is 30.6 Å².